The number of nitrogens with one attached hydrogen (secondary N) is 2. The first-order chi connectivity index (χ1) is 13.0. The molecule has 0 saturated heterocycles. The molecule has 2 aromatic rings. The summed E-state index contributed by atoms with van der Waals surface area (Å²) in [5.74, 6) is -0.644. The lowest BCUT2D eigenvalue weighted by Crippen LogP contribution is -2.50. The lowest BCUT2D eigenvalue weighted by atomic mass is 9.84. The van der Waals surface area contributed by atoms with Crippen molar-refractivity contribution in [2.24, 2.45) is 11.8 Å². The summed E-state index contributed by atoms with van der Waals surface area (Å²) in [5, 5.41) is 14.6. The van der Waals surface area contributed by atoms with E-state index in [-0.39, 0.29) is 29.5 Å². The Labute approximate surface area is 161 Å². The topological polar surface area (TPSA) is 84.0 Å². The third-order valence-corrected chi connectivity index (χ3v) is 5.90. The average Bonchev–Trinajstić information content (AvgIpc) is 3.06. The van der Waals surface area contributed by atoms with Gasteiger partial charge in [0, 0.05) is 11.5 Å². The standard InChI is InChI=1S/C19H23FN4O2S/c1-3-11(2)15(21-16(25)12-5-4-6-12)17(26)22-19-24-23-18(27-19)13-7-9-14(20)10-8-13/h7-12,15H,3-6H2,1-2H3,(H,21,25)(H,22,24,26)/t11-,15-/m0/s1. The van der Waals surface area contributed by atoms with Crippen molar-refractivity contribution < 1.29 is 14.0 Å². The van der Waals surface area contributed by atoms with E-state index >= 15 is 0 Å². The number of nitrogens with zero attached hydrogens (tertiary/aromatic N) is 2. The third-order valence-electron chi connectivity index (χ3n) is 5.02. The summed E-state index contributed by atoms with van der Waals surface area (Å²) < 4.78 is 13.0. The predicted octanol–water partition coefficient (Wildman–Crippen LogP) is 3.61. The second-order valence-electron chi connectivity index (χ2n) is 6.91. The van der Waals surface area contributed by atoms with Gasteiger partial charge in [0.15, 0.2) is 0 Å². The van der Waals surface area contributed by atoms with Crippen LogP contribution in [0.15, 0.2) is 24.3 Å². The van der Waals surface area contributed by atoms with Crippen molar-refractivity contribution in [2.75, 3.05) is 5.32 Å². The highest BCUT2D eigenvalue weighted by Crippen LogP contribution is 2.28. The highest BCUT2D eigenvalue weighted by Gasteiger charge is 2.32. The van der Waals surface area contributed by atoms with Crippen molar-refractivity contribution in [3.63, 3.8) is 0 Å². The molecular weight excluding hydrogens is 367 g/mol. The van der Waals surface area contributed by atoms with Gasteiger partial charge in [-0.25, -0.2) is 4.39 Å². The maximum atomic E-state index is 13.0. The maximum Gasteiger partial charge on any atom is 0.249 e. The molecule has 1 aliphatic rings. The summed E-state index contributed by atoms with van der Waals surface area (Å²) in [6, 6.07) is 5.32. The van der Waals surface area contributed by atoms with Gasteiger partial charge in [-0.2, -0.15) is 0 Å². The van der Waals surface area contributed by atoms with Gasteiger partial charge < -0.3 is 5.32 Å². The zero-order valence-electron chi connectivity index (χ0n) is 15.4. The van der Waals surface area contributed by atoms with Crippen LogP contribution >= 0.6 is 11.3 Å². The number of anilines is 1. The first kappa shape index (κ1) is 19.4. The van der Waals surface area contributed by atoms with Crippen molar-refractivity contribution in [1.29, 1.82) is 0 Å². The summed E-state index contributed by atoms with van der Waals surface area (Å²) in [6.45, 7) is 3.92. The van der Waals surface area contributed by atoms with Crippen molar-refractivity contribution in [3.8, 4) is 10.6 Å². The fourth-order valence-corrected chi connectivity index (χ4v) is 3.56. The first-order valence-corrected chi connectivity index (χ1v) is 10.00. The molecule has 1 aliphatic carbocycles. The van der Waals surface area contributed by atoms with Crippen LogP contribution in [0.3, 0.4) is 0 Å². The van der Waals surface area contributed by atoms with Crippen LogP contribution in [-0.2, 0) is 9.59 Å². The molecule has 0 bridgehead atoms. The summed E-state index contributed by atoms with van der Waals surface area (Å²) in [4.78, 5) is 25.0. The summed E-state index contributed by atoms with van der Waals surface area (Å²) in [7, 11) is 0. The lowest BCUT2D eigenvalue weighted by Gasteiger charge is -2.29. The Bertz CT molecular complexity index is 804. The Morgan fingerprint density at radius 3 is 2.56 bits per heavy atom. The molecule has 1 saturated carbocycles. The van der Waals surface area contributed by atoms with Gasteiger partial charge in [-0.15, -0.1) is 10.2 Å². The summed E-state index contributed by atoms with van der Waals surface area (Å²) in [6.07, 6.45) is 3.60. The van der Waals surface area contributed by atoms with E-state index in [0.717, 1.165) is 31.2 Å². The van der Waals surface area contributed by atoms with Crippen LogP contribution in [0, 0.1) is 17.7 Å². The van der Waals surface area contributed by atoms with Gasteiger partial charge in [0.2, 0.25) is 16.9 Å². The molecule has 0 aliphatic heterocycles. The first-order valence-electron chi connectivity index (χ1n) is 9.18. The van der Waals surface area contributed by atoms with E-state index in [0.29, 0.717) is 10.1 Å². The number of benzene rings is 1. The zero-order chi connectivity index (χ0) is 19.4. The Kier molecular flexibility index (Phi) is 6.15. The number of amides is 2. The van der Waals surface area contributed by atoms with Gasteiger partial charge in [0.25, 0.3) is 0 Å². The molecular formula is C19H23FN4O2S. The summed E-state index contributed by atoms with van der Waals surface area (Å²) in [5.41, 5.74) is 0.728. The highest BCUT2D eigenvalue weighted by atomic mass is 32.1. The molecule has 2 amide bonds. The second kappa shape index (κ2) is 8.56. The fourth-order valence-electron chi connectivity index (χ4n) is 2.81. The summed E-state index contributed by atoms with van der Waals surface area (Å²) >= 11 is 1.21. The quantitative estimate of drug-likeness (QED) is 0.756. The van der Waals surface area contributed by atoms with Gasteiger partial charge in [-0.05, 0) is 43.0 Å². The van der Waals surface area contributed by atoms with Crippen LogP contribution < -0.4 is 10.6 Å². The fraction of sp³-hybridized carbons (Fsp3) is 0.474. The number of halogens is 1. The van der Waals surface area contributed by atoms with Crippen LogP contribution in [0.5, 0.6) is 0 Å². The highest BCUT2D eigenvalue weighted by molar-refractivity contribution is 7.18. The van der Waals surface area contributed by atoms with Gasteiger partial charge in [-0.3, -0.25) is 14.9 Å². The molecule has 2 N–H and O–H groups in total. The van der Waals surface area contributed by atoms with E-state index in [1.807, 2.05) is 13.8 Å². The SMILES string of the molecule is CC[C@H](C)[C@H](NC(=O)C1CCC1)C(=O)Nc1nnc(-c2ccc(F)cc2)s1. The minimum Gasteiger partial charge on any atom is -0.344 e. The van der Waals surface area contributed by atoms with Crippen LogP contribution in [0.4, 0.5) is 9.52 Å². The molecule has 8 heteroatoms. The Balaban J connectivity index is 1.67. The van der Waals surface area contributed by atoms with E-state index < -0.39 is 6.04 Å². The number of hydrogen-bond acceptors (Lipinski definition) is 5. The molecule has 1 aromatic carbocycles. The smallest absolute Gasteiger partial charge is 0.249 e. The molecule has 0 spiro atoms. The van der Waals surface area contributed by atoms with E-state index in [9.17, 15) is 14.0 Å². The lowest BCUT2D eigenvalue weighted by molar-refractivity contribution is -0.132. The van der Waals surface area contributed by atoms with Gasteiger partial charge >= 0.3 is 0 Å². The van der Waals surface area contributed by atoms with Gasteiger partial charge in [0.05, 0.1) is 0 Å². The predicted molar refractivity (Wildman–Crippen MR) is 103 cm³/mol. The minimum absolute atomic E-state index is 0.00137. The Hall–Kier alpha value is -2.35. The molecule has 27 heavy (non-hydrogen) atoms. The van der Waals surface area contributed by atoms with Crippen molar-refractivity contribution >= 4 is 28.3 Å². The van der Waals surface area contributed by atoms with Crippen LogP contribution in [-0.4, -0.2) is 28.1 Å². The van der Waals surface area contributed by atoms with E-state index in [1.54, 1.807) is 12.1 Å². The second-order valence-corrected chi connectivity index (χ2v) is 7.89. The largest absolute Gasteiger partial charge is 0.344 e. The Morgan fingerprint density at radius 1 is 1.26 bits per heavy atom. The minimum atomic E-state index is -0.610. The Morgan fingerprint density at radius 2 is 1.96 bits per heavy atom. The molecule has 2 atom stereocenters. The van der Waals surface area contributed by atoms with Crippen molar-refractivity contribution in [1.82, 2.24) is 15.5 Å². The van der Waals surface area contributed by atoms with Crippen LogP contribution in [0.2, 0.25) is 0 Å². The van der Waals surface area contributed by atoms with Crippen LogP contribution in [0.1, 0.15) is 39.5 Å². The molecule has 0 radical (unpaired) electrons. The normalized spacial score (nSPS) is 16.3. The number of aromatic nitrogens is 2. The average molecular weight is 390 g/mol. The molecule has 1 heterocycles. The number of carbonyl (C=O) groups is 2. The van der Waals surface area contributed by atoms with E-state index in [4.69, 9.17) is 0 Å². The van der Waals surface area contributed by atoms with Gasteiger partial charge in [-0.1, -0.05) is 38.0 Å². The molecule has 0 unspecified atom stereocenters. The number of carbonyl (C=O) groups excluding carboxylic acids is 2. The van der Waals surface area contributed by atoms with Crippen molar-refractivity contribution in [3.05, 3.63) is 30.1 Å². The molecule has 6 nitrogen and oxygen atoms in total. The monoisotopic (exact) mass is 390 g/mol. The third kappa shape index (κ3) is 4.68. The van der Waals surface area contributed by atoms with Crippen LogP contribution in [0.25, 0.3) is 10.6 Å². The van der Waals surface area contributed by atoms with Crippen molar-refractivity contribution in [2.45, 2.75) is 45.6 Å². The van der Waals surface area contributed by atoms with E-state index in [1.165, 1.54) is 23.5 Å². The zero-order valence-corrected chi connectivity index (χ0v) is 16.2. The molecule has 3 rings (SSSR count). The molecule has 1 aromatic heterocycles. The molecule has 1 fully saturated rings. The number of hydrogen-bond donors (Lipinski definition) is 2. The van der Waals surface area contributed by atoms with E-state index in [2.05, 4.69) is 20.8 Å². The number of rotatable bonds is 7. The maximum absolute atomic E-state index is 13.0. The van der Waals surface area contributed by atoms with Gasteiger partial charge in [0.1, 0.15) is 16.9 Å². The molecule has 144 valence electrons.